The summed E-state index contributed by atoms with van der Waals surface area (Å²) in [4.78, 5) is 14.4. The monoisotopic (exact) mass is 289 g/mol. The van der Waals surface area contributed by atoms with E-state index in [-0.39, 0.29) is 5.91 Å². The lowest BCUT2D eigenvalue weighted by atomic mass is 10.1. The Morgan fingerprint density at radius 2 is 2.05 bits per heavy atom. The first kappa shape index (κ1) is 14.0. The Labute approximate surface area is 123 Å². The predicted octanol–water partition coefficient (Wildman–Crippen LogP) is 3.64. The van der Waals surface area contributed by atoms with Gasteiger partial charge in [0.1, 0.15) is 4.32 Å². The van der Waals surface area contributed by atoms with Crippen LogP contribution in [0.1, 0.15) is 18.1 Å². The van der Waals surface area contributed by atoms with Crippen molar-refractivity contribution in [3.63, 3.8) is 0 Å². The molecule has 1 aromatic rings. The van der Waals surface area contributed by atoms with Gasteiger partial charge in [-0.05, 0) is 23.6 Å². The van der Waals surface area contributed by atoms with E-state index in [2.05, 4.69) is 25.6 Å². The van der Waals surface area contributed by atoms with E-state index < -0.39 is 0 Å². The molecule has 19 heavy (non-hydrogen) atoms. The van der Waals surface area contributed by atoms with E-state index in [1.54, 1.807) is 11.0 Å². The van der Waals surface area contributed by atoms with Gasteiger partial charge in [0.2, 0.25) is 0 Å². The normalized spacial score (nSPS) is 17.3. The van der Waals surface area contributed by atoms with E-state index in [1.165, 1.54) is 17.3 Å². The van der Waals surface area contributed by atoms with Crippen molar-refractivity contribution in [2.75, 3.05) is 6.54 Å². The number of nitrogens with zero attached hydrogens (tertiary/aromatic N) is 1. The summed E-state index contributed by atoms with van der Waals surface area (Å²) in [5, 5.41) is 0. The SMILES string of the molecule is C=CCN1C(=O)/C(=C\c2ccc(CC)cc2)SC1=S. The van der Waals surface area contributed by atoms with Crippen LogP contribution in [-0.4, -0.2) is 21.7 Å². The van der Waals surface area contributed by atoms with Gasteiger partial charge < -0.3 is 0 Å². The second-order valence-electron chi connectivity index (χ2n) is 4.18. The highest BCUT2D eigenvalue weighted by Gasteiger charge is 2.30. The van der Waals surface area contributed by atoms with Crippen LogP contribution in [0, 0.1) is 0 Å². The molecule has 1 amide bonds. The van der Waals surface area contributed by atoms with Crippen LogP contribution in [0.15, 0.2) is 41.8 Å². The minimum atomic E-state index is -0.0329. The molecule has 0 aromatic heterocycles. The summed E-state index contributed by atoms with van der Waals surface area (Å²) < 4.78 is 0.598. The number of thioether (sulfide) groups is 1. The molecule has 0 saturated carbocycles. The molecule has 1 aliphatic rings. The molecule has 0 atom stereocenters. The highest BCUT2D eigenvalue weighted by atomic mass is 32.2. The predicted molar refractivity (Wildman–Crippen MR) is 85.9 cm³/mol. The summed E-state index contributed by atoms with van der Waals surface area (Å²) in [7, 11) is 0. The van der Waals surface area contributed by atoms with E-state index >= 15 is 0 Å². The van der Waals surface area contributed by atoms with Crippen molar-refractivity contribution in [3.8, 4) is 0 Å². The van der Waals surface area contributed by atoms with Crippen LogP contribution in [0.3, 0.4) is 0 Å². The van der Waals surface area contributed by atoms with Gasteiger partial charge in [-0.1, -0.05) is 61.2 Å². The Bertz CT molecular complexity index is 546. The molecule has 1 fully saturated rings. The van der Waals surface area contributed by atoms with Crippen LogP contribution in [0.5, 0.6) is 0 Å². The summed E-state index contributed by atoms with van der Waals surface area (Å²) in [6.07, 6.45) is 4.59. The molecular weight excluding hydrogens is 274 g/mol. The second kappa shape index (κ2) is 6.17. The Hall–Kier alpha value is -1.39. The van der Waals surface area contributed by atoms with Crippen LogP contribution in [-0.2, 0) is 11.2 Å². The van der Waals surface area contributed by atoms with Crippen LogP contribution in [0.4, 0.5) is 0 Å². The molecule has 98 valence electrons. The van der Waals surface area contributed by atoms with Crippen LogP contribution < -0.4 is 0 Å². The first-order valence-electron chi connectivity index (χ1n) is 6.11. The van der Waals surface area contributed by atoms with E-state index in [4.69, 9.17) is 12.2 Å². The molecule has 1 aliphatic heterocycles. The maximum absolute atomic E-state index is 12.1. The van der Waals surface area contributed by atoms with Crippen molar-refractivity contribution in [2.24, 2.45) is 0 Å². The number of thiocarbonyl (C=S) groups is 1. The van der Waals surface area contributed by atoms with Gasteiger partial charge in [-0.3, -0.25) is 9.69 Å². The van der Waals surface area contributed by atoms with Crippen LogP contribution in [0.25, 0.3) is 6.08 Å². The lowest BCUT2D eigenvalue weighted by molar-refractivity contribution is -0.121. The summed E-state index contributed by atoms with van der Waals surface area (Å²) in [5.41, 5.74) is 2.31. The van der Waals surface area contributed by atoms with Gasteiger partial charge in [0.05, 0.1) is 4.91 Å². The van der Waals surface area contributed by atoms with E-state index in [0.717, 1.165) is 12.0 Å². The highest BCUT2D eigenvalue weighted by molar-refractivity contribution is 8.26. The zero-order valence-electron chi connectivity index (χ0n) is 10.8. The van der Waals surface area contributed by atoms with Crippen molar-refractivity contribution >= 4 is 40.3 Å². The average Bonchev–Trinajstić information content (AvgIpc) is 2.68. The maximum atomic E-state index is 12.1. The Kier molecular flexibility index (Phi) is 4.56. The van der Waals surface area contributed by atoms with Gasteiger partial charge in [0.25, 0.3) is 5.91 Å². The molecule has 2 rings (SSSR count). The first-order chi connectivity index (χ1) is 9.15. The number of carbonyl (C=O) groups excluding carboxylic acids is 1. The Balaban J connectivity index is 2.21. The van der Waals surface area contributed by atoms with E-state index in [0.29, 0.717) is 15.8 Å². The fourth-order valence-electron chi connectivity index (χ4n) is 1.79. The van der Waals surface area contributed by atoms with Gasteiger partial charge >= 0.3 is 0 Å². The molecule has 1 saturated heterocycles. The molecule has 1 heterocycles. The maximum Gasteiger partial charge on any atom is 0.266 e. The topological polar surface area (TPSA) is 20.3 Å². The van der Waals surface area contributed by atoms with Crippen molar-refractivity contribution in [1.82, 2.24) is 4.90 Å². The third-order valence-electron chi connectivity index (χ3n) is 2.87. The van der Waals surface area contributed by atoms with Gasteiger partial charge in [-0.15, -0.1) is 6.58 Å². The van der Waals surface area contributed by atoms with E-state index in [1.807, 2.05) is 18.2 Å². The van der Waals surface area contributed by atoms with Crippen molar-refractivity contribution in [2.45, 2.75) is 13.3 Å². The first-order valence-corrected chi connectivity index (χ1v) is 7.33. The third-order valence-corrected chi connectivity index (χ3v) is 4.25. The molecule has 0 aliphatic carbocycles. The van der Waals surface area contributed by atoms with E-state index in [9.17, 15) is 4.79 Å². The fourth-order valence-corrected chi connectivity index (χ4v) is 3.06. The number of hydrogen-bond donors (Lipinski definition) is 0. The zero-order valence-corrected chi connectivity index (χ0v) is 12.4. The molecule has 2 nitrogen and oxygen atoms in total. The molecular formula is C15H15NOS2. The summed E-state index contributed by atoms with van der Waals surface area (Å²) in [5.74, 6) is -0.0329. The number of carbonyl (C=O) groups is 1. The van der Waals surface area contributed by atoms with Crippen molar-refractivity contribution < 1.29 is 4.79 Å². The average molecular weight is 289 g/mol. The molecule has 4 heteroatoms. The third kappa shape index (κ3) is 3.14. The molecule has 0 spiro atoms. The lowest BCUT2D eigenvalue weighted by Gasteiger charge is -2.10. The lowest BCUT2D eigenvalue weighted by Crippen LogP contribution is -2.27. The number of hydrogen-bond acceptors (Lipinski definition) is 3. The molecule has 0 unspecified atom stereocenters. The molecule has 0 radical (unpaired) electrons. The van der Waals surface area contributed by atoms with Gasteiger partial charge in [-0.2, -0.15) is 0 Å². The quantitative estimate of drug-likeness (QED) is 0.479. The minimum absolute atomic E-state index is 0.0329. The van der Waals surface area contributed by atoms with Gasteiger partial charge in [-0.25, -0.2) is 0 Å². The number of amides is 1. The zero-order chi connectivity index (χ0) is 13.8. The molecule has 0 N–H and O–H groups in total. The number of aryl methyl sites for hydroxylation is 1. The molecule has 1 aromatic carbocycles. The van der Waals surface area contributed by atoms with Crippen molar-refractivity contribution in [3.05, 3.63) is 53.0 Å². The second-order valence-corrected chi connectivity index (χ2v) is 5.85. The summed E-state index contributed by atoms with van der Waals surface area (Å²) >= 11 is 6.54. The smallest absolute Gasteiger partial charge is 0.266 e. The van der Waals surface area contributed by atoms with Crippen LogP contribution >= 0.6 is 24.0 Å². The fraction of sp³-hybridized carbons (Fsp3) is 0.200. The van der Waals surface area contributed by atoms with Crippen LogP contribution in [0.2, 0.25) is 0 Å². The van der Waals surface area contributed by atoms with Gasteiger partial charge in [0, 0.05) is 6.54 Å². The Morgan fingerprint density at radius 3 is 2.63 bits per heavy atom. The summed E-state index contributed by atoms with van der Waals surface area (Å²) in [6, 6.07) is 8.21. The number of benzene rings is 1. The highest BCUT2D eigenvalue weighted by Crippen LogP contribution is 2.32. The summed E-state index contributed by atoms with van der Waals surface area (Å²) in [6.45, 7) is 6.23. The largest absolute Gasteiger partial charge is 0.289 e. The van der Waals surface area contributed by atoms with Crippen molar-refractivity contribution in [1.29, 1.82) is 0 Å². The Morgan fingerprint density at radius 1 is 1.37 bits per heavy atom. The minimum Gasteiger partial charge on any atom is -0.289 e. The van der Waals surface area contributed by atoms with Gasteiger partial charge in [0.15, 0.2) is 0 Å². The molecule has 0 bridgehead atoms. The standard InChI is InChI=1S/C15H15NOS2/c1-3-9-16-14(17)13(19-15(16)18)10-12-7-5-11(4-2)6-8-12/h3,5-8,10H,1,4,9H2,2H3/b13-10+. The number of rotatable bonds is 4.